The van der Waals surface area contributed by atoms with E-state index in [0.717, 1.165) is 11.4 Å². The fourth-order valence-electron chi connectivity index (χ4n) is 1.69. The van der Waals surface area contributed by atoms with E-state index in [9.17, 15) is 4.79 Å². The molecular weight excluding hydrogens is 236 g/mol. The molecule has 0 radical (unpaired) electrons. The largest absolute Gasteiger partial charge is 0.354 e. The number of halogens is 1. The summed E-state index contributed by atoms with van der Waals surface area (Å²) in [6, 6.07) is 7.80. The van der Waals surface area contributed by atoms with Gasteiger partial charge in [-0.2, -0.15) is 0 Å². The van der Waals surface area contributed by atoms with Gasteiger partial charge in [-0.1, -0.05) is 30.7 Å². The number of hydrogen-bond acceptors (Lipinski definition) is 2. The highest BCUT2D eigenvalue weighted by Crippen LogP contribution is 2.20. The predicted molar refractivity (Wildman–Crippen MR) is 71.4 cm³/mol. The molecule has 0 aromatic heterocycles. The van der Waals surface area contributed by atoms with Crippen molar-refractivity contribution in [2.24, 2.45) is 0 Å². The second-order valence-electron chi connectivity index (χ2n) is 3.99. The summed E-state index contributed by atoms with van der Waals surface area (Å²) < 4.78 is 0. The van der Waals surface area contributed by atoms with Crippen molar-refractivity contribution in [1.82, 2.24) is 10.6 Å². The van der Waals surface area contributed by atoms with Crippen LogP contribution in [0.5, 0.6) is 0 Å². The Balaban J connectivity index is 2.54. The van der Waals surface area contributed by atoms with E-state index in [1.165, 1.54) is 5.56 Å². The van der Waals surface area contributed by atoms with Gasteiger partial charge in [-0.25, -0.2) is 0 Å². The van der Waals surface area contributed by atoms with Gasteiger partial charge in [0.25, 0.3) is 0 Å². The predicted octanol–water partition coefficient (Wildman–Crippen LogP) is 2.17. The van der Waals surface area contributed by atoms with Crippen LogP contribution >= 0.6 is 11.6 Å². The van der Waals surface area contributed by atoms with Gasteiger partial charge in [0.2, 0.25) is 5.91 Å². The highest BCUT2D eigenvalue weighted by Gasteiger charge is 2.10. The molecule has 0 fully saturated rings. The maximum absolute atomic E-state index is 11.4. The summed E-state index contributed by atoms with van der Waals surface area (Å²) in [5.41, 5.74) is 1.21. The van der Waals surface area contributed by atoms with Crippen LogP contribution in [-0.2, 0) is 4.79 Å². The average molecular weight is 255 g/mol. The lowest BCUT2D eigenvalue weighted by Gasteiger charge is -2.16. The van der Waals surface area contributed by atoms with Crippen LogP contribution in [0.25, 0.3) is 0 Å². The molecule has 0 bridgehead atoms. The summed E-state index contributed by atoms with van der Waals surface area (Å²) >= 11 is 5.85. The number of nitrogens with one attached hydrogen (secondary N) is 2. The van der Waals surface area contributed by atoms with E-state index in [1.807, 2.05) is 24.3 Å². The molecule has 0 unspecified atom stereocenters. The lowest BCUT2D eigenvalue weighted by atomic mass is 9.96. The lowest BCUT2D eigenvalue weighted by molar-refractivity contribution is -0.120. The number of carbonyl (C=O) groups is 1. The summed E-state index contributed by atoms with van der Waals surface area (Å²) in [6.45, 7) is 3.14. The van der Waals surface area contributed by atoms with Crippen LogP contribution in [0.15, 0.2) is 24.3 Å². The fourth-order valence-corrected chi connectivity index (χ4v) is 1.82. The third kappa shape index (κ3) is 4.75. The van der Waals surface area contributed by atoms with Crippen LogP contribution in [0.3, 0.4) is 0 Å². The Morgan fingerprint density at radius 2 is 2.00 bits per heavy atom. The smallest absolute Gasteiger partial charge is 0.233 e. The van der Waals surface area contributed by atoms with E-state index < -0.39 is 0 Å². The van der Waals surface area contributed by atoms with Gasteiger partial charge in [-0.3, -0.25) is 4.79 Å². The summed E-state index contributed by atoms with van der Waals surface area (Å²) in [4.78, 5) is 11.4. The minimum absolute atomic E-state index is 0.0277. The van der Waals surface area contributed by atoms with E-state index in [4.69, 9.17) is 11.6 Å². The molecule has 1 rings (SSSR count). The zero-order valence-corrected chi connectivity index (χ0v) is 11.1. The molecule has 94 valence electrons. The van der Waals surface area contributed by atoms with Crippen molar-refractivity contribution >= 4 is 17.5 Å². The molecule has 0 saturated carbocycles. The molecule has 4 heteroatoms. The zero-order valence-electron chi connectivity index (χ0n) is 10.3. The second kappa shape index (κ2) is 7.30. The zero-order chi connectivity index (χ0) is 12.7. The molecule has 3 nitrogen and oxygen atoms in total. The van der Waals surface area contributed by atoms with Gasteiger partial charge in [0.15, 0.2) is 0 Å². The van der Waals surface area contributed by atoms with E-state index in [-0.39, 0.29) is 5.91 Å². The van der Waals surface area contributed by atoms with Gasteiger partial charge in [0.1, 0.15) is 0 Å². The number of rotatable bonds is 6. The number of benzene rings is 1. The summed E-state index contributed by atoms with van der Waals surface area (Å²) in [5.74, 6) is 0.369. The maximum atomic E-state index is 11.4. The Kier molecular flexibility index (Phi) is 6.01. The van der Waals surface area contributed by atoms with Crippen molar-refractivity contribution in [3.8, 4) is 0 Å². The number of likely N-dealkylation sites (N-methyl/N-ethyl adjacent to an activating group) is 1. The topological polar surface area (TPSA) is 41.1 Å². The lowest BCUT2D eigenvalue weighted by Crippen LogP contribution is -2.34. The van der Waals surface area contributed by atoms with Gasteiger partial charge in [0.05, 0.1) is 6.54 Å². The van der Waals surface area contributed by atoms with E-state index in [1.54, 1.807) is 7.05 Å². The van der Waals surface area contributed by atoms with Gasteiger partial charge < -0.3 is 10.6 Å². The van der Waals surface area contributed by atoms with E-state index in [0.29, 0.717) is 19.0 Å². The Bertz CT molecular complexity index is 351. The third-order valence-corrected chi connectivity index (χ3v) is 2.97. The Hall–Kier alpha value is -1.06. The number of hydrogen-bond donors (Lipinski definition) is 2. The Morgan fingerprint density at radius 3 is 2.53 bits per heavy atom. The van der Waals surface area contributed by atoms with Crippen LogP contribution in [0.4, 0.5) is 0 Å². The summed E-state index contributed by atoms with van der Waals surface area (Å²) in [7, 11) is 1.76. The molecule has 2 N–H and O–H groups in total. The van der Waals surface area contributed by atoms with Crippen molar-refractivity contribution in [2.75, 3.05) is 20.1 Å². The van der Waals surface area contributed by atoms with Crippen LogP contribution < -0.4 is 10.6 Å². The molecule has 1 aromatic carbocycles. The molecule has 0 aliphatic heterocycles. The quantitative estimate of drug-likeness (QED) is 0.817. The molecule has 0 aliphatic rings. The molecule has 0 spiro atoms. The highest BCUT2D eigenvalue weighted by atomic mass is 35.5. The first-order valence-electron chi connectivity index (χ1n) is 5.84. The monoisotopic (exact) mass is 254 g/mol. The molecule has 0 aliphatic carbocycles. The minimum atomic E-state index is 0.0277. The highest BCUT2D eigenvalue weighted by molar-refractivity contribution is 6.30. The number of carbonyl (C=O) groups excluding carboxylic acids is 1. The molecule has 1 atom stereocenters. The second-order valence-corrected chi connectivity index (χ2v) is 4.43. The van der Waals surface area contributed by atoms with Gasteiger partial charge >= 0.3 is 0 Å². The Morgan fingerprint density at radius 1 is 1.35 bits per heavy atom. The van der Waals surface area contributed by atoms with E-state index >= 15 is 0 Å². The van der Waals surface area contributed by atoms with Crippen molar-refractivity contribution in [2.45, 2.75) is 19.3 Å². The molecule has 1 amide bonds. The first kappa shape index (κ1) is 14.0. The summed E-state index contributed by atoms with van der Waals surface area (Å²) in [5, 5.41) is 6.48. The standard InChI is InChI=1S/C13H19ClN2O/c1-3-10(8-16-13(17)9-15-2)11-4-6-12(14)7-5-11/h4-7,10,15H,3,8-9H2,1-2H3,(H,16,17)/t10-/m0/s1. The van der Waals surface area contributed by atoms with Crippen molar-refractivity contribution in [1.29, 1.82) is 0 Å². The first-order valence-corrected chi connectivity index (χ1v) is 6.22. The minimum Gasteiger partial charge on any atom is -0.354 e. The van der Waals surface area contributed by atoms with Crippen molar-refractivity contribution in [3.05, 3.63) is 34.9 Å². The molecular formula is C13H19ClN2O. The Labute approximate surface area is 108 Å². The van der Waals surface area contributed by atoms with Crippen molar-refractivity contribution < 1.29 is 4.79 Å². The van der Waals surface area contributed by atoms with Gasteiger partial charge in [-0.15, -0.1) is 0 Å². The summed E-state index contributed by atoms with van der Waals surface area (Å²) in [6.07, 6.45) is 0.988. The molecule has 1 aromatic rings. The maximum Gasteiger partial charge on any atom is 0.233 e. The fraction of sp³-hybridized carbons (Fsp3) is 0.462. The van der Waals surface area contributed by atoms with Crippen LogP contribution in [-0.4, -0.2) is 26.0 Å². The van der Waals surface area contributed by atoms with Crippen molar-refractivity contribution in [3.63, 3.8) is 0 Å². The van der Waals surface area contributed by atoms with Gasteiger partial charge in [-0.05, 0) is 31.2 Å². The first-order chi connectivity index (χ1) is 8.17. The van der Waals surface area contributed by atoms with Crippen LogP contribution in [0, 0.1) is 0 Å². The third-order valence-electron chi connectivity index (χ3n) is 2.72. The normalized spacial score (nSPS) is 12.2. The van der Waals surface area contributed by atoms with E-state index in [2.05, 4.69) is 17.6 Å². The SMILES string of the molecule is CC[C@@H](CNC(=O)CNC)c1ccc(Cl)cc1. The molecule has 17 heavy (non-hydrogen) atoms. The van der Waals surface area contributed by atoms with Crippen LogP contribution in [0.2, 0.25) is 5.02 Å². The van der Waals surface area contributed by atoms with Gasteiger partial charge in [0, 0.05) is 17.5 Å². The number of amides is 1. The average Bonchev–Trinajstić information content (AvgIpc) is 2.32. The van der Waals surface area contributed by atoms with Crippen LogP contribution in [0.1, 0.15) is 24.8 Å². The molecule has 0 saturated heterocycles. The molecule has 0 heterocycles.